The highest BCUT2D eigenvalue weighted by Crippen LogP contribution is 2.36. The number of hydrogen-bond acceptors (Lipinski definition) is 8. The van der Waals surface area contributed by atoms with E-state index < -0.39 is 9.84 Å². The molecule has 2 aromatic carbocycles. The van der Waals surface area contributed by atoms with E-state index in [0.29, 0.717) is 53.7 Å². The largest absolute Gasteiger partial charge is 0.497 e. The Morgan fingerprint density at radius 3 is 2.72 bits per heavy atom. The Bertz CT molecular complexity index is 1360. The van der Waals surface area contributed by atoms with Gasteiger partial charge in [0, 0.05) is 18.7 Å². The molecule has 1 unspecified atom stereocenters. The van der Waals surface area contributed by atoms with Gasteiger partial charge in [0.2, 0.25) is 11.2 Å². The van der Waals surface area contributed by atoms with Crippen LogP contribution in [0, 0.1) is 6.92 Å². The summed E-state index contributed by atoms with van der Waals surface area (Å²) in [4.78, 5) is 15.3. The fourth-order valence-corrected chi connectivity index (χ4v) is 6.03. The summed E-state index contributed by atoms with van der Waals surface area (Å²) in [7, 11) is -1.45. The van der Waals surface area contributed by atoms with Crippen LogP contribution >= 0.6 is 0 Å². The third-order valence-electron chi connectivity index (χ3n) is 5.98. The van der Waals surface area contributed by atoms with Crippen LogP contribution < -0.4 is 19.6 Å². The highest BCUT2D eigenvalue weighted by Gasteiger charge is 2.35. The van der Waals surface area contributed by atoms with Crippen molar-refractivity contribution in [1.82, 2.24) is 4.90 Å². The van der Waals surface area contributed by atoms with Crippen LogP contribution in [0.15, 0.2) is 45.6 Å². The lowest BCUT2D eigenvalue weighted by atomic mass is 10.1. The Labute approximate surface area is 185 Å². The zero-order valence-corrected chi connectivity index (χ0v) is 18.6. The van der Waals surface area contributed by atoms with Gasteiger partial charge in [0.05, 0.1) is 29.6 Å². The Morgan fingerprint density at radius 1 is 1.16 bits per heavy atom. The summed E-state index contributed by atoms with van der Waals surface area (Å²) >= 11 is 0. The van der Waals surface area contributed by atoms with Gasteiger partial charge in [-0.2, -0.15) is 0 Å². The molecule has 2 aliphatic rings. The van der Waals surface area contributed by atoms with E-state index in [4.69, 9.17) is 18.6 Å². The first-order chi connectivity index (χ1) is 15.3. The molecule has 1 saturated heterocycles. The summed E-state index contributed by atoms with van der Waals surface area (Å²) in [5, 5.41) is 0.386. The van der Waals surface area contributed by atoms with Gasteiger partial charge in [-0.1, -0.05) is 6.07 Å². The van der Waals surface area contributed by atoms with Gasteiger partial charge in [0.15, 0.2) is 9.84 Å². The molecule has 1 fully saturated rings. The monoisotopic (exact) mass is 457 g/mol. The zero-order chi connectivity index (χ0) is 22.5. The Kier molecular flexibility index (Phi) is 5.10. The Hall–Kier alpha value is -3.04. The molecule has 0 spiro atoms. The number of methoxy groups -OCH3 is 1. The van der Waals surface area contributed by atoms with E-state index in [1.54, 1.807) is 50.4 Å². The van der Waals surface area contributed by atoms with Crippen molar-refractivity contribution in [3.63, 3.8) is 0 Å². The first-order valence-corrected chi connectivity index (χ1v) is 12.2. The number of sulfone groups is 1. The van der Waals surface area contributed by atoms with Crippen molar-refractivity contribution in [2.24, 2.45) is 0 Å². The van der Waals surface area contributed by atoms with E-state index in [9.17, 15) is 13.2 Å². The SMILES string of the molecule is COc1cccc(Oc2c(C)oc3c4c(ccc3c2=O)OCN(C2CCS(=O)(=O)C2)C4)c1. The number of rotatable bonds is 4. The van der Waals surface area contributed by atoms with E-state index in [1.165, 1.54) is 0 Å². The molecule has 0 radical (unpaired) electrons. The van der Waals surface area contributed by atoms with Gasteiger partial charge < -0.3 is 18.6 Å². The molecule has 3 heterocycles. The molecule has 5 rings (SSSR count). The van der Waals surface area contributed by atoms with Gasteiger partial charge >= 0.3 is 0 Å². The van der Waals surface area contributed by atoms with Crippen molar-refractivity contribution in [3.8, 4) is 23.0 Å². The van der Waals surface area contributed by atoms with Crippen LogP contribution in [-0.2, 0) is 16.4 Å². The lowest BCUT2D eigenvalue weighted by Gasteiger charge is -2.33. The lowest BCUT2D eigenvalue weighted by Crippen LogP contribution is -2.41. The predicted octanol–water partition coefficient (Wildman–Crippen LogP) is 3.24. The maximum Gasteiger partial charge on any atom is 0.235 e. The number of aryl methyl sites for hydroxylation is 1. The molecule has 2 aliphatic heterocycles. The Morgan fingerprint density at radius 2 is 1.97 bits per heavy atom. The number of fused-ring (bicyclic) bond motifs is 3. The average molecular weight is 458 g/mol. The van der Waals surface area contributed by atoms with E-state index >= 15 is 0 Å². The zero-order valence-electron chi connectivity index (χ0n) is 17.8. The molecule has 0 amide bonds. The van der Waals surface area contributed by atoms with Crippen molar-refractivity contribution < 1.29 is 27.0 Å². The van der Waals surface area contributed by atoms with E-state index in [-0.39, 0.29) is 28.7 Å². The Balaban J connectivity index is 1.52. The van der Waals surface area contributed by atoms with Crippen LogP contribution in [0.5, 0.6) is 23.0 Å². The maximum absolute atomic E-state index is 13.3. The highest BCUT2D eigenvalue weighted by molar-refractivity contribution is 7.91. The van der Waals surface area contributed by atoms with E-state index in [1.807, 2.05) is 4.90 Å². The molecule has 0 bridgehead atoms. The quantitative estimate of drug-likeness (QED) is 0.589. The molecule has 0 N–H and O–H groups in total. The van der Waals surface area contributed by atoms with Crippen molar-refractivity contribution in [2.45, 2.75) is 25.9 Å². The second kappa shape index (κ2) is 7.83. The van der Waals surface area contributed by atoms with Gasteiger partial charge in [-0.25, -0.2) is 8.42 Å². The normalized spacial score (nSPS) is 20.0. The summed E-state index contributed by atoms with van der Waals surface area (Å²) in [5.41, 5.74) is 0.898. The first kappa shape index (κ1) is 20.8. The minimum absolute atomic E-state index is 0.105. The number of hydrogen-bond donors (Lipinski definition) is 0. The minimum atomic E-state index is -3.01. The van der Waals surface area contributed by atoms with Crippen LogP contribution in [0.4, 0.5) is 0 Å². The minimum Gasteiger partial charge on any atom is -0.497 e. The van der Waals surface area contributed by atoms with Crippen LogP contribution in [0.2, 0.25) is 0 Å². The number of ether oxygens (including phenoxy) is 3. The van der Waals surface area contributed by atoms with Gasteiger partial charge in [-0.05, 0) is 37.6 Å². The van der Waals surface area contributed by atoms with Gasteiger partial charge in [0.1, 0.15) is 35.3 Å². The fraction of sp³-hybridized carbons (Fsp3) is 0.348. The second-order valence-corrected chi connectivity index (χ2v) is 10.3. The molecule has 0 saturated carbocycles. The van der Waals surface area contributed by atoms with Crippen LogP contribution in [0.1, 0.15) is 17.7 Å². The smallest absolute Gasteiger partial charge is 0.235 e. The van der Waals surface area contributed by atoms with Gasteiger partial charge in [-0.3, -0.25) is 9.69 Å². The predicted molar refractivity (Wildman–Crippen MR) is 118 cm³/mol. The van der Waals surface area contributed by atoms with Crippen LogP contribution in [0.25, 0.3) is 11.0 Å². The standard InChI is InChI=1S/C23H23NO7S/c1-14-22(31-17-5-3-4-16(10-17)28-2)21(25)18-6-7-20-19(23(18)30-14)11-24(13-29-20)15-8-9-32(26,27)12-15/h3-7,10,15H,8-9,11-13H2,1-2H3. The van der Waals surface area contributed by atoms with Crippen LogP contribution in [-0.4, -0.2) is 44.7 Å². The van der Waals surface area contributed by atoms with E-state index in [2.05, 4.69) is 0 Å². The third-order valence-corrected chi connectivity index (χ3v) is 7.73. The van der Waals surface area contributed by atoms with Crippen molar-refractivity contribution in [1.29, 1.82) is 0 Å². The summed E-state index contributed by atoms with van der Waals surface area (Å²) in [6, 6.07) is 10.3. The van der Waals surface area contributed by atoms with Gasteiger partial charge in [0.25, 0.3) is 0 Å². The molecule has 9 heteroatoms. The molecule has 0 aliphatic carbocycles. The lowest BCUT2D eigenvalue weighted by molar-refractivity contribution is 0.0648. The van der Waals surface area contributed by atoms with Crippen molar-refractivity contribution >= 4 is 20.8 Å². The van der Waals surface area contributed by atoms with E-state index in [0.717, 1.165) is 5.56 Å². The topological polar surface area (TPSA) is 95.3 Å². The van der Waals surface area contributed by atoms with Crippen molar-refractivity contribution in [3.05, 3.63) is 57.9 Å². The molecule has 1 aromatic heterocycles. The number of nitrogens with zero attached hydrogens (tertiary/aromatic N) is 1. The van der Waals surface area contributed by atoms with Crippen LogP contribution in [0.3, 0.4) is 0 Å². The highest BCUT2D eigenvalue weighted by atomic mass is 32.2. The molecule has 3 aromatic rings. The molecule has 168 valence electrons. The third kappa shape index (κ3) is 3.71. The fourth-order valence-electron chi connectivity index (χ4n) is 4.27. The maximum atomic E-state index is 13.3. The summed E-state index contributed by atoms with van der Waals surface area (Å²) in [6.45, 7) is 2.44. The summed E-state index contributed by atoms with van der Waals surface area (Å²) < 4.78 is 46.8. The second-order valence-electron chi connectivity index (χ2n) is 8.09. The average Bonchev–Trinajstić information content (AvgIpc) is 3.16. The molecule has 8 nitrogen and oxygen atoms in total. The van der Waals surface area contributed by atoms with Gasteiger partial charge in [-0.15, -0.1) is 0 Å². The molecule has 32 heavy (non-hydrogen) atoms. The molecular formula is C23H23NO7S. The molecular weight excluding hydrogens is 434 g/mol. The summed E-state index contributed by atoms with van der Waals surface area (Å²) in [5.74, 6) is 2.49. The molecule has 1 atom stereocenters. The first-order valence-electron chi connectivity index (χ1n) is 10.3. The van der Waals surface area contributed by atoms with Crippen molar-refractivity contribution in [2.75, 3.05) is 25.3 Å². The number of benzene rings is 2. The summed E-state index contributed by atoms with van der Waals surface area (Å²) in [6.07, 6.45) is 0.577.